The van der Waals surface area contributed by atoms with Crippen molar-refractivity contribution in [1.82, 2.24) is 19.4 Å². The molecule has 2 aliphatic rings. The summed E-state index contributed by atoms with van der Waals surface area (Å²) in [6.07, 6.45) is -4.72. The number of benzene rings is 2. The fourth-order valence-corrected chi connectivity index (χ4v) is 6.73. The van der Waals surface area contributed by atoms with E-state index < -0.39 is 45.8 Å². The Labute approximate surface area is 231 Å². The van der Waals surface area contributed by atoms with Crippen molar-refractivity contribution in [3.05, 3.63) is 77.0 Å². The molecule has 0 radical (unpaired) electrons. The highest BCUT2D eigenvalue weighted by Crippen LogP contribution is 2.39. The van der Waals surface area contributed by atoms with E-state index in [1.165, 1.54) is 46.6 Å². The highest BCUT2D eigenvalue weighted by Gasteiger charge is 2.43. The zero-order valence-electron chi connectivity index (χ0n) is 22.3. The number of carbonyl (C=O) groups is 2. The number of nitrogens with one attached hydrogen (secondary N) is 1. The van der Waals surface area contributed by atoms with Gasteiger partial charge < -0.3 is 10.1 Å². The van der Waals surface area contributed by atoms with Crippen molar-refractivity contribution < 1.29 is 35.9 Å². The van der Waals surface area contributed by atoms with E-state index in [0.717, 1.165) is 6.07 Å². The molecule has 0 unspecified atom stereocenters. The third-order valence-electron chi connectivity index (χ3n) is 7.02. The number of nitrogens with zero attached hydrogens (tertiary/aromatic N) is 3. The zero-order valence-corrected chi connectivity index (χ0v) is 23.1. The summed E-state index contributed by atoms with van der Waals surface area (Å²) in [5, 5.41) is 2.53. The first-order chi connectivity index (χ1) is 18.9. The van der Waals surface area contributed by atoms with Gasteiger partial charge in [-0.2, -0.15) is 17.5 Å². The van der Waals surface area contributed by atoms with Gasteiger partial charge in [0.2, 0.25) is 10.0 Å². The van der Waals surface area contributed by atoms with Crippen LogP contribution in [0.25, 0.3) is 0 Å². The quantitative estimate of drug-likeness (QED) is 0.503. The summed E-state index contributed by atoms with van der Waals surface area (Å²) >= 11 is 0. The average Bonchev–Trinajstić information content (AvgIpc) is 2.91. The Morgan fingerprint density at radius 2 is 1.73 bits per heavy atom. The maximum absolute atomic E-state index is 13.9. The number of urea groups is 1. The molecular weight excluding hydrogens is 549 g/mol. The van der Waals surface area contributed by atoms with Gasteiger partial charge in [-0.3, -0.25) is 9.80 Å². The van der Waals surface area contributed by atoms with Crippen LogP contribution in [0.4, 0.5) is 18.0 Å². The SMILES string of the molecule is CCOC(=O)C1=C(CN2CCN(S(=O)(=O)c3ccccc3)[C@H](C)C2)N(C)C(=O)N[C@@H]1c1ccccc1C(F)(F)F. The largest absolute Gasteiger partial charge is 0.463 e. The minimum atomic E-state index is -4.72. The van der Waals surface area contributed by atoms with E-state index in [0.29, 0.717) is 0 Å². The molecule has 1 N–H and O–H groups in total. The summed E-state index contributed by atoms with van der Waals surface area (Å²) in [4.78, 5) is 29.4. The van der Waals surface area contributed by atoms with Crippen molar-refractivity contribution in [3.63, 3.8) is 0 Å². The van der Waals surface area contributed by atoms with E-state index in [4.69, 9.17) is 4.74 Å². The van der Waals surface area contributed by atoms with Crippen molar-refractivity contribution in [2.24, 2.45) is 0 Å². The fourth-order valence-electron chi connectivity index (χ4n) is 5.09. The van der Waals surface area contributed by atoms with Gasteiger partial charge in [0.1, 0.15) is 0 Å². The molecule has 216 valence electrons. The van der Waals surface area contributed by atoms with Crippen LogP contribution in [0.2, 0.25) is 0 Å². The van der Waals surface area contributed by atoms with Gasteiger partial charge in [0, 0.05) is 45.0 Å². The Morgan fingerprint density at radius 1 is 1.07 bits per heavy atom. The van der Waals surface area contributed by atoms with Crippen molar-refractivity contribution >= 4 is 22.0 Å². The highest BCUT2D eigenvalue weighted by atomic mass is 32.2. The number of rotatable bonds is 7. The first kappa shape index (κ1) is 29.6. The molecule has 4 rings (SSSR count). The number of carbonyl (C=O) groups excluding carboxylic acids is 2. The summed E-state index contributed by atoms with van der Waals surface area (Å²) in [5.74, 6) is -0.843. The molecule has 2 aromatic carbocycles. The maximum Gasteiger partial charge on any atom is 0.416 e. The van der Waals surface area contributed by atoms with E-state index in [2.05, 4.69) is 5.32 Å². The molecule has 0 saturated carbocycles. The van der Waals surface area contributed by atoms with Crippen LogP contribution in [-0.4, -0.2) is 80.4 Å². The van der Waals surface area contributed by atoms with Crippen LogP contribution in [-0.2, 0) is 25.7 Å². The monoisotopic (exact) mass is 580 g/mol. The molecule has 40 heavy (non-hydrogen) atoms. The lowest BCUT2D eigenvalue weighted by Crippen LogP contribution is -2.56. The summed E-state index contributed by atoms with van der Waals surface area (Å²) < 4.78 is 74.7. The predicted molar refractivity (Wildman–Crippen MR) is 140 cm³/mol. The van der Waals surface area contributed by atoms with Gasteiger partial charge in [0.15, 0.2) is 0 Å². The summed E-state index contributed by atoms with van der Waals surface area (Å²) in [5.41, 5.74) is -1.16. The second-order valence-corrected chi connectivity index (χ2v) is 11.5. The summed E-state index contributed by atoms with van der Waals surface area (Å²) in [6.45, 7) is 4.03. The highest BCUT2D eigenvalue weighted by molar-refractivity contribution is 7.89. The molecule has 2 aromatic rings. The van der Waals surface area contributed by atoms with Gasteiger partial charge in [-0.1, -0.05) is 36.4 Å². The van der Waals surface area contributed by atoms with Gasteiger partial charge in [0.25, 0.3) is 0 Å². The molecule has 2 heterocycles. The fraction of sp³-hybridized carbons (Fsp3) is 0.407. The zero-order chi connectivity index (χ0) is 29.2. The first-order valence-corrected chi connectivity index (χ1v) is 14.2. The number of likely N-dealkylation sites (N-methyl/N-ethyl adjacent to an activating group) is 1. The standard InChI is InChI=1S/C27H31F3N4O5S/c1-4-39-25(35)23-22(32(3)26(36)31-24(23)20-12-8-9-13-21(20)27(28,29)30)17-33-14-15-34(18(2)16-33)40(37,38)19-10-6-5-7-11-19/h5-13,18,24H,4,14-17H2,1-3H3,(H,31,36)/t18-,24-/m1/s1. The molecule has 1 saturated heterocycles. The van der Waals surface area contributed by atoms with E-state index in [1.807, 2.05) is 4.90 Å². The molecule has 2 aliphatic heterocycles. The lowest BCUT2D eigenvalue weighted by molar-refractivity contribution is -0.141. The van der Waals surface area contributed by atoms with Crippen molar-refractivity contribution in [1.29, 1.82) is 0 Å². The summed E-state index contributed by atoms with van der Waals surface area (Å²) in [7, 11) is -2.32. The summed E-state index contributed by atoms with van der Waals surface area (Å²) in [6, 6.07) is 10.3. The third kappa shape index (κ3) is 5.86. The minimum absolute atomic E-state index is 0.0199. The van der Waals surface area contributed by atoms with Crippen molar-refractivity contribution in [2.75, 3.05) is 39.8 Å². The van der Waals surface area contributed by atoms with E-state index in [9.17, 15) is 31.2 Å². The Morgan fingerprint density at radius 3 is 2.35 bits per heavy atom. The molecular formula is C27H31F3N4O5S. The van der Waals surface area contributed by atoms with E-state index in [-0.39, 0.29) is 54.5 Å². The number of sulfonamides is 1. The van der Waals surface area contributed by atoms with E-state index >= 15 is 0 Å². The second kappa shape index (κ2) is 11.6. The Kier molecular flexibility index (Phi) is 8.57. The predicted octanol–water partition coefficient (Wildman–Crippen LogP) is 3.61. The molecule has 0 aliphatic carbocycles. The number of ether oxygens (including phenoxy) is 1. The van der Waals surface area contributed by atoms with Crippen LogP contribution in [0.1, 0.15) is 31.0 Å². The Balaban J connectivity index is 1.69. The van der Waals surface area contributed by atoms with Gasteiger partial charge in [-0.25, -0.2) is 18.0 Å². The lowest BCUT2D eigenvalue weighted by Gasteiger charge is -2.41. The number of hydrogen-bond acceptors (Lipinski definition) is 6. The number of hydrogen-bond donors (Lipinski definition) is 1. The Bertz CT molecular complexity index is 1400. The maximum atomic E-state index is 13.9. The average molecular weight is 581 g/mol. The number of alkyl halides is 3. The number of amides is 2. The molecule has 2 atom stereocenters. The minimum Gasteiger partial charge on any atom is -0.463 e. The second-order valence-electron chi connectivity index (χ2n) is 9.62. The first-order valence-electron chi connectivity index (χ1n) is 12.8. The van der Waals surface area contributed by atoms with Crippen LogP contribution in [0, 0.1) is 0 Å². The Hall–Kier alpha value is -3.42. The van der Waals surface area contributed by atoms with Gasteiger partial charge >= 0.3 is 18.2 Å². The van der Waals surface area contributed by atoms with Crippen LogP contribution in [0.5, 0.6) is 0 Å². The molecule has 0 bridgehead atoms. The van der Waals surface area contributed by atoms with Crippen LogP contribution >= 0.6 is 0 Å². The lowest BCUT2D eigenvalue weighted by atomic mass is 9.90. The molecule has 2 amide bonds. The van der Waals surface area contributed by atoms with Gasteiger partial charge in [0.05, 0.1) is 28.7 Å². The molecule has 13 heteroatoms. The molecule has 0 spiro atoms. The normalized spacial score (nSPS) is 21.4. The number of piperazine rings is 1. The van der Waals surface area contributed by atoms with Crippen molar-refractivity contribution in [3.8, 4) is 0 Å². The number of halogens is 3. The third-order valence-corrected chi connectivity index (χ3v) is 9.05. The van der Waals surface area contributed by atoms with Crippen LogP contribution in [0.15, 0.2) is 70.8 Å². The topological polar surface area (TPSA) is 99.3 Å². The number of esters is 1. The van der Waals surface area contributed by atoms with Crippen molar-refractivity contribution in [2.45, 2.75) is 37.0 Å². The van der Waals surface area contributed by atoms with Crippen LogP contribution in [0.3, 0.4) is 0 Å². The molecule has 1 fully saturated rings. The molecule has 0 aromatic heterocycles. The van der Waals surface area contributed by atoms with Gasteiger partial charge in [-0.05, 0) is 37.6 Å². The smallest absolute Gasteiger partial charge is 0.416 e. The van der Waals surface area contributed by atoms with E-state index in [1.54, 1.807) is 32.0 Å². The molecule has 9 nitrogen and oxygen atoms in total. The van der Waals surface area contributed by atoms with Crippen LogP contribution < -0.4 is 5.32 Å². The van der Waals surface area contributed by atoms with Gasteiger partial charge in [-0.15, -0.1) is 0 Å².